The van der Waals surface area contributed by atoms with Gasteiger partial charge >= 0.3 is 0 Å². The zero-order valence-electron chi connectivity index (χ0n) is 16.2. The molecule has 2 atom stereocenters. The second-order valence-corrected chi connectivity index (χ2v) is 7.48. The van der Waals surface area contributed by atoms with Crippen molar-refractivity contribution in [2.24, 2.45) is 5.92 Å². The van der Waals surface area contributed by atoms with E-state index in [0.29, 0.717) is 30.6 Å². The fourth-order valence-corrected chi connectivity index (χ4v) is 4.44. The number of likely N-dealkylation sites (N-methyl/N-ethyl adjacent to an activating group) is 1. The first-order valence-electron chi connectivity index (χ1n) is 9.84. The molecule has 2 aromatic rings. The summed E-state index contributed by atoms with van der Waals surface area (Å²) in [5.74, 6) is -0.495. The van der Waals surface area contributed by atoms with Gasteiger partial charge in [-0.05, 0) is 43.9 Å². The van der Waals surface area contributed by atoms with Crippen LogP contribution in [0.3, 0.4) is 0 Å². The van der Waals surface area contributed by atoms with Crippen molar-refractivity contribution in [3.8, 4) is 0 Å². The molecule has 1 unspecified atom stereocenters. The summed E-state index contributed by atoms with van der Waals surface area (Å²) in [4.78, 5) is 42.0. The molecular weight excluding hydrogens is 352 g/mol. The van der Waals surface area contributed by atoms with Crippen LogP contribution in [0.15, 0.2) is 54.6 Å². The lowest BCUT2D eigenvalue weighted by molar-refractivity contribution is -0.134. The normalized spacial score (nSPS) is 22.9. The first-order valence-corrected chi connectivity index (χ1v) is 9.84. The molecule has 0 bridgehead atoms. The first-order chi connectivity index (χ1) is 13.5. The third kappa shape index (κ3) is 2.65. The number of hydrogen-bond donors (Lipinski definition) is 0. The van der Waals surface area contributed by atoms with E-state index in [2.05, 4.69) is 0 Å². The first kappa shape index (κ1) is 18.4. The van der Waals surface area contributed by atoms with Crippen LogP contribution in [0.25, 0.3) is 0 Å². The fourth-order valence-electron chi connectivity index (χ4n) is 4.44. The smallest absolute Gasteiger partial charge is 0.261 e. The third-order valence-corrected chi connectivity index (χ3v) is 6.11. The summed E-state index contributed by atoms with van der Waals surface area (Å²) in [6.07, 6.45) is 0.653. The zero-order valence-corrected chi connectivity index (χ0v) is 16.2. The van der Waals surface area contributed by atoms with Crippen molar-refractivity contribution in [2.75, 3.05) is 19.6 Å². The Morgan fingerprint density at radius 2 is 1.50 bits per heavy atom. The summed E-state index contributed by atoms with van der Waals surface area (Å²) in [6, 6.07) is 16.7. The molecule has 0 N–H and O–H groups in total. The van der Waals surface area contributed by atoms with Gasteiger partial charge in [0.25, 0.3) is 11.8 Å². The number of amides is 3. The minimum absolute atomic E-state index is 0.0646. The van der Waals surface area contributed by atoms with Crippen molar-refractivity contribution in [3.05, 3.63) is 71.3 Å². The molecule has 28 heavy (non-hydrogen) atoms. The van der Waals surface area contributed by atoms with Crippen LogP contribution >= 0.6 is 0 Å². The molecule has 0 saturated heterocycles. The number of imide groups is 1. The molecule has 1 saturated carbocycles. The predicted molar refractivity (Wildman–Crippen MR) is 106 cm³/mol. The van der Waals surface area contributed by atoms with Crippen molar-refractivity contribution >= 4 is 17.7 Å². The van der Waals surface area contributed by atoms with Crippen LogP contribution in [0, 0.1) is 5.92 Å². The number of carbonyl (C=O) groups is 3. The van der Waals surface area contributed by atoms with Crippen molar-refractivity contribution < 1.29 is 14.4 Å². The highest BCUT2D eigenvalue weighted by Gasteiger charge is 2.63. The Morgan fingerprint density at radius 1 is 0.964 bits per heavy atom. The molecule has 0 aromatic heterocycles. The molecule has 0 spiro atoms. The van der Waals surface area contributed by atoms with Crippen LogP contribution in [0.5, 0.6) is 0 Å². The Morgan fingerprint density at radius 3 is 2.04 bits per heavy atom. The molecule has 0 radical (unpaired) electrons. The summed E-state index contributed by atoms with van der Waals surface area (Å²) >= 11 is 0. The second-order valence-electron chi connectivity index (χ2n) is 7.48. The van der Waals surface area contributed by atoms with Crippen LogP contribution in [-0.4, -0.2) is 47.2 Å². The van der Waals surface area contributed by atoms with Gasteiger partial charge in [0.2, 0.25) is 5.91 Å². The molecule has 3 amide bonds. The maximum absolute atomic E-state index is 13.4. The molecule has 5 nitrogen and oxygen atoms in total. The standard InChI is InChI=1S/C23H24N2O3/c1-3-24(4-2)22(28)23(16-10-6-5-7-11-16)14-17(23)15-25-20(26)18-12-8-9-13-19(18)21(25)27/h5-13,17H,3-4,14-15H2,1-2H3/t17?,23-/m1/s1. The Hall–Kier alpha value is -2.95. The van der Waals surface area contributed by atoms with Gasteiger partial charge < -0.3 is 4.90 Å². The molecule has 2 aromatic carbocycles. The van der Waals surface area contributed by atoms with Crippen molar-refractivity contribution in [1.82, 2.24) is 9.80 Å². The highest BCUT2D eigenvalue weighted by atomic mass is 16.2. The molecule has 4 rings (SSSR count). The van der Waals surface area contributed by atoms with E-state index in [1.165, 1.54) is 4.90 Å². The topological polar surface area (TPSA) is 57.7 Å². The number of rotatable bonds is 6. The van der Waals surface area contributed by atoms with Gasteiger partial charge in [-0.2, -0.15) is 0 Å². The van der Waals surface area contributed by atoms with E-state index in [4.69, 9.17) is 0 Å². The molecule has 5 heteroatoms. The molecular formula is C23H24N2O3. The molecule has 1 aliphatic carbocycles. The fraction of sp³-hybridized carbons (Fsp3) is 0.348. The van der Waals surface area contributed by atoms with Crippen LogP contribution in [-0.2, 0) is 10.2 Å². The second kappa shape index (κ2) is 6.89. The lowest BCUT2D eigenvalue weighted by Crippen LogP contribution is -2.42. The summed E-state index contributed by atoms with van der Waals surface area (Å²) in [5, 5.41) is 0. The Balaban J connectivity index is 1.63. The maximum Gasteiger partial charge on any atom is 0.261 e. The molecule has 1 heterocycles. The minimum Gasteiger partial charge on any atom is -0.342 e. The van der Waals surface area contributed by atoms with Crippen LogP contribution < -0.4 is 0 Å². The summed E-state index contributed by atoms with van der Waals surface area (Å²) in [7, 11) is 0. The summed E-state index contributed by atoms with van der Waals surface area (Å²) < 4.78 is 0. The van der Waals surface area contributed by atoms with Crippen LogP contribution in [0.2, 0.25) is 0 Å². The summed E-state index contributed by atoms with van der Waals surface area (Å²) in [5.41, 5.74) is 1.22. The summed E-state index contributed by atoms with van der Waals surface area (Å²) in [6.45, 7) is 5.50. The molecule has 2 aliphatic rings. The number of carbonyl (C=O) groups excluding carboxylic acids is 3. The largest absolute Gasteiger partial charge is 0.342 e. The maximum atomic E-state index is 13.4. The zero-order chi connectivity index (χ0) is 19.9. The average Bonchev–Trinajstić information content (AvgIpc) is 3.42. The van der Waals surface area contributed by atoms with Gasteiger partial charge in [0.15, 0.2) is 0 Å². The Kier molecular flexibility index (Phi) is 4.53. The van der Waals surface area contributed by atoms with E-state index < -0.39 is 5.41 Å². The van der Waals surface area contributed by atoms with Gasteiger partial charge in [-0.3, -0.25) is 19.3 Å². The lowest BCUT2D eigenvalue weighted by Gasteiger charge is -2.27. The quantitative estimate of drug-likeness (QED) is 0.728. The highest BCUT2D eigenvalue weighted by Crippen LogP contribution is 2.56. The van der Waals surface area contributed by atoms with E-state index >= 15 is 0 Å². The Bertz CT molecular complexity index is 901. The minimum atomic E-state index is -0.650. The number of nitrogens with zero attached hydrogens (tertiary/aromatic N) is 2. The SMILES string of the molecule is CCN(CC)C(=O)[C@@]1(c2ccccc2)CC1CN1C(=O)c2ccccc2C1=O. The molecule has 144 valence electrons. The van der Waals surface area contributed by atoms with Gasteiger partial charge in [0, 0.05) is 19.6 Å². The Labute approximate surface area is 164 Å². The number of benzene rings is 2. The van der Waals surface area contributed by atoms with Crippen molar-refractivity contribution in [3.63, 3.8) is 0 Å². The van der Waals surface area contributed by atoms with E-state index in [1.54, 1.807) is 24.3 Å². The average molecular weight is 376 g/mol. The highest BCUT2D eigenvalue weighted by molar-refractivity contribution is 6.21. The van der Waals surface area contributed by atoms with E-state index in [9.17, 15) is 14.4 Å². The number of hydrogen-bond acceptors (Lipinski definition) is 3. The van der Waals surface area contributed by atoms with Gasteiger partial charge in [0.1, 0.15) is 0 Å². The van der Waals surface area contributed by atoms with Gasteiger partial charge in [-0.25, -0.2) is 0 Å². The van der Waals surface area contributed by atoms with Crippen molar-refractivity contribution in [2.45, 2.75) is 25.7 Å². The van der Waals surface area contributed by atoms with E-state index in [-0.39, 0.29) is 30.2 Å². The van der Waals surface area contributed by atoms with E-state index in [0.717, 1.165) is 5.56 Å². The lowest BCUT2D eigenvalue weighted by atomic mass is 9.91. The van der Waals surface area contributed by atoms with Crippen LogP contribution in [0.1, 0.15) is 46.5 Å². The predicted octanol–water partition coefficient (Wildman–Crippen LogP) is 3.11. The molecule has 1 fully saturated rings. The molecule has 1 aliphatic heterocycles. The van der Waals surface area contributed by atoms with Gasteiger partial charge in [-0.1, -0.05) is 42.5 Å². The third-order valence-electron chi connectivity index (χ3n) is 6.11. The number of fused-ring (bicyclic) bond motifs is 1. The van der Waals surface area contributed by atoms with Crippen molar-refractivity contribution in [1.29, 1.82) is 0 Å². The monoisotopic (exact) mass is 376 g/mol. The van der Waals surface area contributed by atoms with Gasteiger partial charge in [-0.15, -0.1) is 0 Å². The van der Waals surface area contributed by atoms with Crippen LogP contribution in [0.4, 0.5) is 0 Å². The van der Waals surface area contributed by atoms with E-state index in [1.807, 2.05) is 49.1 Å². The van der Waals surface area contributed by atoms with Gasteiger partial charge in [0.05, 0.1) is 16.5 Å².